The van der Waals surface area contributed by atoms with Crippen LogP contribution < -0.4 is 0 Å². The Morgan fingerprint density at radius 3 is 1.90 bits per heavy atom. The van der Waals surface area contributed by atoms with Gasteiger partial charge in [-0.05, 0) is 19.3 Å². The Kier molecular flexibility index (Phi) is 13.1. The molecule has 0 saturated heterocycles. The van der Waals surface area contributed by atoms with E-state index < -0.39 is 11.9 Å². The van der Waals surface area contributed by atoms with Crippen molar-refractivity contribution in [3.63, 3.8) is 0 Å². The summed E-state index contributed by atoms with van der Waals surface area (Å²) in [5, 5.41) is 25.1. The molecule has 0 aliphatic carbocycles. The van der Waals surface area contributed by atoms with E-state index in [0.29, 0.717) is 12.8 Å². The molecule has 0 rings (SSSR count). The molecule has 0 aromatic carbocycles. The summed E-state index contributed by atoms with van der Waals surface area (Å²) in [5.74, 6) is -1.98. The molecule has 0 bridgehead atoms. The number of allylic oxidation sites excluding steroid dienone is 3. The zero-order valence-corrected chi connectivity index (χ0v) is 11.9. The predicted molar refractivity (Wildman–Crippen MR) is 77.1 cm³/mol. The van der Waals surface area contributed by atoms with Crippen LogP contribution in [0.5, 0.6) is 0 Å². The number of carboxylic acids is 2. The fourth-order valence-corrected chi connectivity index (χ4v) is 1.17. The summed E-state index contributed by atoms with van der Waals surface area (Å²) in [7, 11) is 0. The highest BCUT2D eigenvalue weighted by molar-refractivity contribution is 5.89. The van der Waals surface area contributed by atoms with E-state index in [1.807, 2.05) is 6.92 Å². The number of hydrogen-bond donors (Lipinski definition) is 2. The monoisotopic (exact) mass is 279 g/mol. The first-order valence-electron chi connectivity index (χ1n) is 6.31. The van der Waals surface area contributed by atoms with Gasteiger partial charge >= 0.3 is 11.9 Å². The average molecular weight is 279 g/mol. The van der Waals surface area contributed by atoms with E-state index in [1.54, 1.807) is 13.0 Å². The lowest BCUT2D eigenvalue weighted by molar-refractivity contribution is -0.133. The summed E-state index contributed by atoms with van der Waals surface area (Å²) >= 11 is 0. The van der Waals surface area contributed by atoms with E-state index in [4.69, 9.17) is 15.5 Å². The van der Waals surface area contributed by atoms with E-state index in [0.717, 1.165) is 12.8 Å². The molecule has 5 heteroatoms. The van der Waals surface area contributed by atoms with Gasteiger partial charge in [0.2, 0.25) is 0 Å². The number of nitriles is 1. The largest absolute Gasteiger partial charge is 0.478 e. The van der Waals surface area contributed by atoms with Crippen LogP contribution in [0.3, 0.4) is 0 Å². The first-order chi connectivity index (χ1) is 9.44. The Morgan fingerprint density at radius 2 is 1.60 bits per heavy atom. The fraction of sp³-hybridized carbons (Fsp3) is 0.400. The minimum atomic E-state index is -1.00. The van der Waals surface area contributed by atoms with E-state index in [9.17, 15) is 9.59 Å². The van der Waals surface area contributed by atoms with Gasteiger partial charge in [-0.3, -0.25) is 0 Å². The van der Waals surface area contributed by atoms with Gasteiger partial charge in [-0.2, -0.15) is 5.26 Å². The van der Waals surface area contributed by atoms with Gasteiger partial charge in [0.1, 0.15) is 0 Å². The second kappa shape index (κ2) is 13.1. The molecule has 0 spiro atoms. The lowest BCUT2D eigenvalue weighted by atomic mass is 10.1. The Labute approximate surface area is 119 Å². The molecule has 0 heterocycles. The molecule has 20 heavy (non-hydrogen) atoms. The molecule has 2 N–H and O–H groups in total. The maximum Gasteiger partial charge on any atom is 0.331 e. The third-order valence-corrected chi connectivity index (χ3v) is 2.31. The second-order valence-corrected chi connectivity index (χ2v) is 3.78. The summed E-state index contributed by atoms with van der Waals surface area (Å²) in [6.45, 7) is 6.82. The summed E-state index contributed by atoms with van der Waals surface area (Å²) in [6, 6.07) is 1.69. The van der Waals surface area contributed by atoms with Crippen LogP contribution in [0.4, 0.5) is 0 Å². The minimum Gasteiger partial charge on any atom is -0.478 e. The van der Waals surface area contributed by atoms with Crippen molar-refractivity contribution in [1.82, 2.24) is 0 Å². The lowest BCUT2D eigenvalue weighted by Gasteiger charge is -2.00. The van der Waals surface area contributed by atoms with Crippen molar-refractivity contribution in [2.24, 2.45) is 0 Å². The van der Waals surface area contributed by atoms with Gasteiger partial charge in [0.25, 0.3) is 0 Å². The van der Waals surface area contributed by atoms with Crippen LogP contribution in [0.2, 0.25) is 0 Å². The molecule has 0 radical (unpaired) electrons. The average Bonchev–Trinajstić information content (AvgIpc) is 2.42. The van der Waals surface area contributed by atoms with Gasteiger partial charge in [-0.25, -0.2) is 9.59 Å². The van der Waals surface area contributed by atoms with Crippen molar-refractivity contribution in [3.8, 4) is 6.07 Å². The predicted octanol–water partition coefficient (Wildman–Crippen LogP) is 3.30. The number of unbranched alkanes of at least 4 members (excludes halogenated alkanes) is 1. The molecule has 0 atom stereocenters. The van der Waals surface area contributed by atoms with Crippen molar-refractivity contribution in [2.45, 2.75) is 39.5 Å². The van der Waals surface area contributed by atoms with Gasteiger partial charge in [0.15, 0.2) is 0 Å². The number of rotatable bonds is 7. The number of nitrogens with zero attached hydrogens (tertiary/aromatic N) is 1. The van der Waals surface area contributed by atoms with Crippen LogP contribution in [0.15, 0.2) is 36.0 Å². The van der Waals surface area contributed by atoms with Crippen LogP contribution in [-0.2, 0) is 9.59 Å². The van der Waals surface area contributed by atoms with Gasteiger partial charge in [-0.15, -0.1) is 0 Å². The Morgan fingerprint density at radius 1 is 1.15 bits per heavy atom. The Balaban J connectivity index is 0. The van der Waals surface area contributed by atoms with Crippen molar-refractivity contribution in [3.05, 3.63) is 36.0 Å². The van der Waals surface area contributed by atoms with Crippen LogP contribution in [0.1, 0.15) is 39.5 Å². The standard InChI is InChI=1S/C12H18O4.C3H3N/c1-3-5-6-10(12(15)16)8-7-9(4-2)11(13)14;1-2-3-4/h7-8H,3-6H2,1-2H3,(H,13,14)(H,15,16);2H,1H2. The lowest BCUT2D eigenvalue weighted by Crippen LogP contribution is -2.02. The van der Waals surface area contributed by atoms with Crippen LogP contribution in [0.25, 0.3) is 0 Å². The molecule has 0 amide bonds. The number of carbonyl (C=O) groups is 2. The molecular formula is C15H21NO4. The molecule has 0 aliphatic rings. The van der Waals surface area contributed by atoms with Crippen molar-refractivity contribution in [1.29, 1.82) is 5.26 Å². The molecule has 0 aromatic rings. The van der Waals surface area contributed by atoms with Gasteiger partial charge in [0, 0.05) is 17.2 Å². The highest BCUT2D eigenvalue weighted by Crippen LogP contribution is 2.09. The van der Waals surface area contributed by atoms with Gasteiger partial charge in [-0.1, -0.05) is 39.0 Å². The maximum absolute atomic E-state index is 10.8. The van der Waals surface area contributed by atoms with E-state index in [2.05, 4.69) is 6.58 Å². The Bertz CT molecular complexity index is 428. The topological polar surface area (TPSA) is 98.4 Å². The smallest absolute Gasteiger partial charge is 0.331 e. The fourth-order valence-electron chi connectivity index (χ4n) is 1.17. The van der Waals surface area contributed by atoms with Gasteiger partial charge < -0.3 is 10.2 Å². The normalized spacial score (nSPS) is 10.8. The number of aliphatic carboxylic acids is 2. The third-order valence-electron chi connectivity index (χ3n) is 2.31. The summed E-state index contributed by atoms with van der Waals surface area (Å²) < 4.78 is 0. The second-order valence-electron chi connectivity index (χ2n) is 3.78. The van der Waals surface area contributed by atoms with E-state index in [1.165, 1.54) is 18.2 Å². The molecule has 0 saturated carbocycles. The minimum absolute atomic E-state index is 0.218. The van der Waals surface area contributed by atoms with Crippen LogP contribution >= 0.6 is 0 Å². The van der Waals surface area contributed by atoms with Crippen molar-refractivity contribution in [2.75, 3.05) is 0 Å². The molecule has 0 unspecified atom stereocenters. The molecule has 5 nitrogen and oxygen atoms in total. The third kappa shape index (κ3) is 10.8. The maximum atomic E-state index is 10.8. The van der Waals surface area contributed by atoms with Crippen LogP contribution in [0, 0.1) is 11.3 Å². The zero-order chi connectivity index (χ0) is 16.0. The highest BCUT2D eigenvalue weighted by Gasteiger charge is 2.07. The van der Waals surface area contributed by atoms with Gasteiger partial charge in [0.05, 0.1) is 6.07 Å². The SMILES string of the molecule is C=CC#N.CCCCC(=CC=C(CC)C(=O)O)C(=O)O. The van der Waals surface area contributed by atoms with Crippen molar-refractivity contribution < 1.29 is 19.8 Å². The molecule has 0 aromatic heterocycles. The quantitative estimate of drug-likeness (QED) is 0.423. The van der Waals surface area contributed by atoms with Crippen LogP contribution in [-0.4, -0.2) is 22.2 Å². The summed E-state index contributed by atoms with van der Waals surface area (Å²) in [6.07, 6.45) is 6.51. The molecular weight excluding hydrogens is 258 g/mol. The van der Waals surface area contributed by atoms with Crippen molar-refractivity contribution >= 4 is 11.9 Å². The summed E-state index contributed by atoms with van der Waals surface area (Å²) in [4.78, 5) is 21.5. The summed E-state index contributed by atoms with van der Waals surface area (Å²) in [5.41, 5.74) is 0.476. The molecule has 0 aliphatic heterocycles. The number of carboxylic acid groups (broad SMARTS) is 2. The number of hydrogen-bond acceptors (Lipinski definition) is 3. The molecule has 0 fully saturated rings. The van der Waals surface area contributed by atoms with E-state index >= 15 is 0 Å². The zero-order valence-electron chi connectivity index (χ0n) is 11.9. The first kappa shape index (κ1) is 20.0. The Hall–Kier alpha value is -2.35. The highest BCUT2D eigenvalue weighted by atomic mass is 16.4. The molecule has 110 valence electrons. The first-order valence-corrected chi connectivity index (χ1v) is 6.31. The van der Waals surface area contributed by atoms with E-state index in [-0.39, 0.29) is 11.1 Å².